The fourth-order valence-corrected chi connectivity index (χ4v) is 1.67. The molecule has 0 spiro atoms. The molecule has 0 unspecified atom stereocenters. The molecule has 0 radical (unpaired) electrons. The van der Waals surface area contributed by atoms with E-state index in [9.17, 15) is 9.59 Å². The Morgan fingerprint density at radius 2 is 2.05 bits per heavy atom. The zero-order valence-corrected chi connectivity index (χ0v) is 11.0. The number of carbonyl (C=O) groups excluding carboxylic acids is 2. The number of anilines is 1. The number of nitrogens with zero attached hydrogens (tertiary/aromatic N) is 1. The van der Waals surface area contributed by atoms with Crippen molar-refractivity contribution in [1.29, 1.82) is 0 Å². The fourth-order valence-electron chi connectivity index (χ4n) is 1.67. The number of esters is 1. The van der Waals surface area contributed by atoms with Crippen molar-refractivity contribution >= 4 is 17.8 Å². The topological polar surface area (TPSA) is 81.4 Å². The Morgan fingerprint density at radius 3 is 2.75 bits per heavy atom. The van der Waals surface area contributed by atoms with Crippen molar-refractivity contribution in [3.05, 3.63) is 36.5 Å². The zero-order valence-electron chi connectivity index (χ0n) is 11.0. The van der Waals surface area contributed by atoms with Crippen molar-refractivity contribution in [2.45, 2.75) is 13.3 Å². The molecule has 0 aliphatic carbocycles. The Balaban J connectivity index is 2.06. The van der Waals surface area contributed by atoms with E-state index in [4.69, 9.17) is 9.26 Å². The summed E-state index contributed by atoms with van der Waals surface area (Å²) in [5, 5.41) is 6.17. The molecule has 0 aliphatic rings. The molecule has 0 bridgehead atoms. The minimum absolute atomic E-state index is 0.213. The molecule has 1 heterocycles. The highest BCUT2D eigenvalue weighted by Gasteiger charge is 2.16. The summed E-state index contributed by atoms with van der Waals surface area (Å²) in [6.45, 7) is 1.92. The van der Waals surface area contributed by atoms with E-state index in [0.29, 0.717) is 5.56 Å². The first kappa shape index (κ1) is 13.8. The van der Waals surface area contributed by atoms with Gasteiger partial charge in [0.05, 0.1) is 18.4 Å². The van der Waals surface area contributed by atoms with Gasteiger partial charge in [-0.2, -0.15) is 0 Å². The van der Waals surface area contributed by atoms with Crippen molar-refractivity contribution < 1.29 is 18.8 Å². The molecule has 104 valence electrons. The van der Waals surface area contributed by atoms with E-state index in [1.54, 1.807) is 6.92 Å². The van der Waals surface area contributed by atoms with Crippen LogP contribution in [0.5, 0.6) is 0 Å². The van der Waals surface area contributed by atoms with Gasteiger partial charge in [-0.25, -0.2) is 0 Å². The number of rotatable bonds is 5. The van der Waals surface area contributed by atoms with Crippen molar-refractivity contribution in [2.75, 3.05) is 11.9 Å². The highest BCUT2D eigenvalue weighted by molar-refractivity contribution is 6.02. The van der Waals surface area contributed by atoms with Crippen LogP contribution in [-0.4, -0.2) is 23.6 Å². The summed E-state index contributed by atoms with van der Waals surface area (Å²) in [5.74, 6) is -0.867. The first-order valence-corrected chi connectivity index (χ1v) is 6.16. The van der Waals surface area contributed by atoms with Gasteiger partial charge in [-0.1, -0.05) is 35.5 Å². The van der Waals surface area contributed by atoms with Crippen molar-refractivity contribution in [1.82, 2.24) is 5.16 Å². The predicted octanol–water partition coefficient (Wildman–Crippen LogP) is 2.23. The van der Waals surface area contributed by atoms with E-state index in [1.807, 2.05) is 30.3 Å². The maximum absolute atomic E-state index is 11.7. The van der Waals surface area contributed by atoms with Gasteiger partial charge < -0.3 is 9.26 Å². The monoisotopic (exact) mass is 274 g/mol. The molecule has 2 aromatic rings. The maximum atomic E-state index is 11.7. The van der Waals surface area contributed by atoms with E-state index in [1.165, 1.54) is 6.20 Å². The first-order valence-electron chi connectivity index (χ1n) is 6.16. The number of benzene rings is 1. The molecule has 0 fully saturated rings. The summed E-state index contributed by atoms with van der Waals surface area (Å²) in [4.78, 5) is 22.9. The third kappa shape index (κ3) is 3.44. The van der Waals surface area contributed by atoms with Crippen LogP contribution in [0.25, 0.3) is 11.1 Å². The average Bonchev–Trinajstić information content (AvgIpc) is 2.87. The number of hydrogen-bond acceptors (Lipinski definition) is 5. The SMILES string of the molecule is CCOC(=O)CC(=O)Nc1oncc1-c1ccccc1. The highest BCUT2D eigenvalue weighted by Crippen LogP contribution is 2.27. The lowest BCUT2D eigenvalue weighted by Gasteiger charge is -2.04. The van der Waals surface area contributed by atoms with E-state index < -0.39 is 11.9 Å². The number of ether oxygens (including phenoxy) is 1. The summed E-state index contributed by atoms with van der Waals surface area (Å²) < 4.78 is 9.70. The van der Waals surface area contributed by atoms with Crippen LogP contribution in [0.3, 0.4) is 0 Å². The van der Waals surface area contributed by atoms with E-state index in [0.717, 1.165) is 5.56 Å². The maximum Gasteiger partial charge on any atom is 0.315 e. The van der Waals surface area contributed by atoms with Crippen LogP contribution in [-0.2, 0) is 14.3 Å². The van der Waals surface area contributed by atoms with Gasteiger partial charge in [0.1, 0.15) is 6.42 Å². The van der Waals surface area contributed by atoms with Gasteiger partial charge in [-0.3, -0.25) is 14.9 Å². The van der Waals surface area contributed by atoms with E-state index in [2.05, 4.69) is 10.5 Å². The van der Waals surface area contributed by atoms with Gasteiger partial charge in [0.2, 0.25) is 11.8 Å². The molecule has 1 amide bonds. The second-order valence-corrected chi connectivity index (χ2v) is 3.96. The summed E-state index contributed by atoms with van der Waals surface area (Å²) in [6.07, 6.45) is 1.15. The summed E-state index contributed by atoms with van der Waals surface area (Å²) in [7, 11) is 0. The summed E-state index contributed by atoms with van der Waals surface area (Å²) >= 11 is 0. The van der Waals surface area contributed by atoms with Crippen LogP contribution in [0.4, 0.5) is 5.88 Å². The van der Waals surface area contributed by atoms with Gasteiger partial charge >= 0.3 is 5.97 Å². The van der Waals surface area contributed by atoms with Crippen LogP contribution in [0.15, 0.2) is 41.1 Å². The van der Waals surface area contributed by atoms with Crippen LogP contribution in [0, 0.1) is 0 Å². The van der Waals surface area contributed by atoms with Crippen molar-refractivity contribution in [3.63, 3.8) is 0 Å². The first-order chi connectivity index (χ1) is 9.70. The normalized spacial score (nSPS) is 10.1. The van der Waals surface area contributed by atoms with Gasteiger partial charge in [0, 0.05) is 0 Å². The van der Waals surface area contributed by atoms with Crippen LogP contribution >= 0.6 is 0 Å². The minimum Gasteiger partial charge on any atom is -0.466 e. The smallest absolute Gasteiger partial charge is 0.315 e. The second-order valence-electron chi connectivity index (χ2n) is 3.96. The predicted molar refractivity (Wildman–Crippen MR) is 71.8 cm³/mol. The second kappa shape index (κ2) is 6.51. The molecule has 2 rings (SSSR count). The Hall–Kier alpha value is -2.63. The number of nitrogens with one attached hydrogen (secondary N) is 1. The molecule has 20 heavy (non-hydrogen) atoms. The third-order valence-electron chi connectivity index (χ3n) is 2.52. The number of carbonyl (C=O) groups is 2. The van der Waals surface area contributed by atoms with E-state index >= 15 is 0 Å². The largest absolute Gasteiger partial charge is 0.466 e. The van der Waals surface area contributed by atoms with E-state index in [-0.39, 0.29) is 18.9 Å². The van der Waals surface area contributed by atoms with Gasteiger partial charge in [-0.15, -0.1) is 0 Å². The van der Waals surface area contributed by atoms with Crippen LogP contribution < -0.4 is 5.32 Å². The molecule has 1 N–H and O–H groups in total. The highest BCUT2D eigenvalue weighted by atomic mass is 16.5. The Bertz CT molecular complexity index is 592. The molecule has 0 atom stereocenters. The third-order valence-corrected chi connectivity index (χ3v) is 2.52. The lowest BCUT2D eigenvalue weighted by molar-refractivity contribution is -0.145. The average molecular weight is 274 g/mol. The molecule has 6 nitrogen and oxygen atoms in total. The summed E-state index contributed by atoms with van der Waals surface area (Å²) in [5.41, 5.74) is 1.52. The minimum atomic E-state index is -0.578. The number of aromatic nitrogens is 1. The molecular formula is C14H14N2O4. The zero-order chi connectivity index (χ0) is 14.4. The fraction of sp³-hybridized carbons (Fsp3) is 0.214. The lowest BCUT2D eigenvalue weighted by Crippen LogP contribution is -2.18. The molecular weight excluding hydrogens is 260 g/mol. The Kier molecular flexibility index (Phi) is 4.49. The molecule has 1 aromatic carbocycles. The number of amides is 1. The molecule has 6 heteroatoms. The molecule has 0 saturated carbocycles. The summed E-state index contributed by atoms with van der Waals surface area (Å²) in [6, 6.07) is 9.36. The van der Waals surface area contributed by atoms with Gasteiger partial charge in [0.15, 0.2) is 0 Å². The molecule has 1 aromatic heterocycles. The molecule has 0 saturated heterocycles. The van der Waals surface area contributed by atoms with Crippen molar-refractivity contribution in [2.24, 2.45) is 0 Å². The molecule has 0 aliphatic heterocycles. The van der Waals surface area contributed by atoms with Gasteiger partial charge in [0.25, 0.3) is 0 Å². The standard InChI is InChI=1S/C14H14N2O4/c1-2-19-13(18)8-12(17)16-14-11(9-15-20-14)10-6-4-3-5-7-10/h3-7,9H,2,8H2,1H3,(H,16,17). The Labute approximate surface area is 115 Å². The quantitative estimate of drug-likeness (QED) is 0.668. The van der Waals surface area contributed by atoms with Gasteiger partial charge in [-0.05, 0) is 12.5 Å². The number of hydrogen-bond donors (Lipinski definition) is 1. The van der Waals surface area contributed by atoms with Crippen molar-refractivity contribution in [3.8, 4) is 11.1 Å². The van der Waals surface area contributed by atoms with Crippen LogP contribution in [0.2, 0.25) is 0 Å². The van der Waals surface area contributed by atoms with Crippen LogP contribution in [0.1, 0.15) is 13.3 Å². The lowest BCUT2D eigenvalue weighted by atomic mass is 10.1. The Morgan fingerprint density at radius 1 is 1.30 bits per heavy atom.